The van der Waals surface area contributed by atoms with Gasteiger partial charge in [0.2, 0.25) is 0 Å². The second kappa shape index (κ2) is 6.11. The van der Waals surface area contributed by atoms with E-state index in [2.05, 4.69) is 5.32 Å². The molecule has 3 N–H and O–H groups in total. The fraction of sp³-hybridized carbons (Fsp3) is 0.200. The van der Waals surface area contributed by atoms with E-state index in [1.165, 1.54) is 0 Å². The molecule has 0 bridgehead atoms. The molecule has 0 spiro atoms. The zero-order valence-corrected chi connectivity index (χ0v) is 10.7. The van der Waals surface area contributed by atoms with Gasteiger partial charge in [-0.25, -0.2) is 0 Å². The summed E-state index contributed by atoms with van der Waals surface area (Å²) in [6.45, 7) is -0.0818. The molecule has 100 valence electrons. The molecule has 1 unspecified atom stereocenters. The number of para-hydroxylation sites is 2. The van der Waals surface area contributed by atoms with Crippen LogP contribution in [0.4, 0.5) is 5.69 Å². The molecule has 2 rings (SSSR count). The molecule has 0 saturated carbocycles. The number of hydrogen-bond donors (Lipinski definition) is 3. The summed E-state index contributed by atoms with van der Waals surface area (Å²) in [6.07, 6.45) is 0. The van der Waals surface area contributed by atoms with Crippen molar-refractivity contribution in [2.45, 2.75) is 6.04 Å². The van der Waals surface area contributed by atoms with Crippen LogP contribution in [0, 0.1) is 0 Å². The predicted molar refractivity (Wildman–Crippen MR) is 74.6 cm³/mol. The van der Waals surface area contributed by atoms with Crippen molar-refractivity contribution in [3.63, 3.8) is 0 Å². The van der Waals surface area contributed by atoms with Crippen LogP contribution >= 0.6 is 0 Å². The predicted octanol–water partition coefficient (Wildman–Crippen LogP) is 2.55. The number of aliphatic hydroxyl groups is 1. The van der Waals surface area contributed by atoms with Gasteiger partial charge < -0.3 is 20.3 Å². The van der Waals surface area contributed by atoms with Crippen LogP contribution in [0.25, 0.3) is 0 Å². The standard InChI is InChI=1S/C15H17NO3/c1-19-15-8-3-2-7-13(15)16-14(10-17)11-5-4-6-12(18)9-11/h2-9,14,16-18H,10H2,1H3. The Hall–Kier alpha value is -2.20. The highest BCUT2D eigenvalue weighted by Gasteiger charge is 2.12. The minimum atomic E-state index is -0.302. The van der Waals surface area contributed by atoms with E-state index in [1.807, 2.05) is 30.3 Å². The van der Waals surface area contributed by atoms with Crippen molar-refractivity contribution in [3.05, 3.63) is 54.1 Å². The van der Waals surface area contributed by atoms with Gasteiger partial charge in [0.25, 0.3) is 0 Å². The van der Waals surface area contributed by atoms with Gasteiger partial charge in [0.05, 0.1) is 25.4 Å². The molecule has 2 aromatic rings. The molecule has 4 heteroatoms. The number of anilines is 1. The summed E-state index contributed by atoms with van der Waals surface area (Å²) < 4.78 is 5.26. The van der Waals surface area contributed by atoms with Crippen molar-refractivity contribution in [1.82, 2.24) is 0 Å². The fourth-order valence-corrected chi connectivity index (χ4v) is 1.93. The highest BCUT2D eigenvalue weighted by Crippen LogP contribution is 2.28. The van der Waals surface area contributed by atoms with E-state index in [4.69, 9.17) is 4.74 Å². The SMILES string of the molecule is COc1ccccc1NC(CO)c1cccc(O)c1. The average Bonchev–Trinajstić information content (AvgIpc) is 2.45. The molecule has 0 amide bonds. The summed E-state index contributed by atoms with van der Waals surface area (Å²) in [5, 5.41) is 22.2. The third kappa shape index (κ3) is 3.17. The number of rotatable bonds is 5. The number of methoxy groups -OCH3 is 1. The highest BCUT2D eigenvalue weighted by molar-refractivity contribution is 5.57. The van der Waals surface area contributed by atoms with Crippen molar-refractivity contribution in [2.75, 3.05) is 19.0 Å². The number of ether oxygens (including phenoxy) is 1. The van der Waals surface area contributed by atoms with Crippen LogP contribution in [0.3, 0.4) is 0 Å². The molecule has 0 saturated heterocycles. The Kier molecular flexibility index (Phi) is 4.26. The lowest BCUT2D eigenvalue weighted by Gasteiger charge is -2.19. The summed E-state index contributed by atoms with van der Waals surface area (Å²) in [6, 6.07) is 14.0. The van der Waals surface area contributed by atoms with E-state index in [1.54, 1.807) is 25.3 Å². The minimum absolute atomic E-state index is 0.0818. The largest absolute Gasteiger partial charge is 0.508 e. The van der Waals surface area contributed by atoms with Crippen molar-refractivity contribution in [1.29, 1.82) is 0 Å². The molecular weight excluding hydrogens is 242 g/mol. The van der Waals surface area contributed by atoms with Crippen LogP contribution in [0.2, 0.25) is 0 Å². The zero-order valence-electron chi connectivity index (χ0n) is 10.7. The molecule has 0 aliphatic rings. The number of phenols is 1. The molecule has 19 heavy (non-hydrogen) atoms. The number of phenolic OH excluding ortho intramolecular Hbond substituents is 1. The molecular formula is C15H17NO3. The number of aliphatic hydroxyl groups excluding tert-OH is 1. The Morgan fingerprint density at radius 3 is 2.63 bits per heavy atom. The first kappa shape index (κ1) is 13.2. The fourth-order valence-electron chi connectivity index (χ4n) is 1.93. The van der Waals surface area contributed by atoms with Gasteiger partial charge in [-0.3, -0.25) is 0 Å². The van der Waals surface area contributed by atoms with Crippen LogP contribution in [0.15, 0.2) is 48.5 Å². The lowest BCUT2D eigenvalue weighted by molar-refractivity contribution is 0.276. The van der Waals surface area contributed by atoms with Crippen LogP contribution in [0.1, 0.15) is 11.6 Å². The van der Waals surface area contributed by atoms with E-state index in [-0.39, 0.29) is 18.4 Å². The molecule has 0 radical (unpaired) electrons. The van der Waals surface area contributed by atoms with Gasteiger partial charge >= 0.3 is 0 Å². The maximum atomic E-state index is 9.51. The Morgan fingerprint density at radius 2 is 1.95 bits per heavy atom. The van der Waals surface area contributed by atoms with Crippen molar-refractivity contribution in [2.24, 2.45) is 0 Å². The summed E-state index contributed by atoms with van der Waals surface area (Å²) in [5.41, 5.74) is 1.61. The van der Waals surface area contributed by atoms with Gasteiger partial charge in [-0.05, 0) is 29.8 Å². The van der Waals surface area contributed by atoms with Crippen LogP contribution in [-0.4, -0.2) is 23.9 Å². The molecule has 0 aromatic heterocycles. The number of hydrogen-bond acceptors (Lipinski definition) is 4. The first-order chi connectivity index (χ1) is 9.24. The van der Waals surface area contributed by atoms with E-state index in [0.717, 1.165) is 11.3 Å². The molecule has 0 aliphatic carbocycles. The quantitative estimate of drug-likeness (QED) is 0.772. The Labute approximate surface area is 112 Å². The smallest absolute Gasteiger partial charge is 0.141 e. The maximum absolute atomic E-state index is 9.51. The highest BCUT2D eigenvalue weighted by atomic mass is 16.5. The van der Waals surface area contributed by atoms with Crippen molar-refractivity contribution < 1.29 is 14.9 Å². The topological polar surface area (TPSA) is 61.7 Å². The first-order valence-corrected chi connectivity index (χ1v) is 6.04. The first-order valence-electron chi connectivity index (χ1n) is 6.04. The molecule has 0 fully saturated rings. The van der Waals surface area contributed by atoms with E-state index < -0.39 is 0 Å². The average molecular weight is 259 g/mol. The summed E-state index contributed by atoms with van der Waals surface area (Å²) in [4.78, 5) is 0. The second-order valence-corrected chi connectivity index (χ2v) is 4.17. The summed E-state index contributed by atoms with van der Waals surface area (Å²) in [5.74, 6) is 0.888. The van der Waals surface area contributed by atoms with Crippen LogP contribution in [0.5, 0.6) is 11.5 Å². The Balaban J connectivity index is 2.24. The summed E-state index contributed by atoms with van der Waals surface area (Å²) >= 11 is 0. The zero-order chi connectivity index (χ0) is 13.7. The van der Waals surface area contributed by atoms with Crippen molar-refractivity contribution >= 4 is 5.69 Å². The van der Waals surface area contributed by atoms with E-state index >= 15 is 0 Å². The second-order valence-electron chi connectivity index (χ2n) is 4.17. The molecule has 0 heterocycles. The van der Waals surface area contributed by atoms with Crippen molar-refractivity contribution in [3.8, 4) is 11.5 Å². The summed E-state index contributed by atoms with van der Waals surface area (Å²) in [7, 11) is 1.60. The Bertz CT molecular complexity index is 542. The lowest BCUT2D eigenvalue weighted by atomic mass is 10.1. The molecule has 4 nitrogen and oxygen atoms in total. The van der Waals surface area contributed by atoms with Gasteiger partial charge in [0.1, 0.15) is 11.5 Å². The third-order valence-corrected chi connectivity index (χ3v) is 2.89. The van der Waals surface area contributed by atoms with E-state index in [0.29, 0.717) is 5.75 Å². The minimum Gasteiger partial charge on any atom is -0.508 e. The Morgan fingerprint density at radius 1 is 1.16 bits per heavy atom. The monoisotopic (exact) mass is 259 g/mol. The van der Waals surface area contributed by atoms with Gasteiger partial charge in [-0.1, -0.05) is 24.3 Å². The third-order valence-electron chi connectivity index (χ3n) is 2.89. The molecule has 0 aliphatic heterocycles. The number of benzene rings is 2. The lowest BCUT2D eigenvalue weighted by Crippen LogP contribution is -2.15. The molecule has 2 aromatic carbocycles. The van der Waals surface area contributed by atoms with Gasteiger partial charge in [-0.15, -0.1) is 0 Å². The number of aromatic hydroxyl groups is 1. The molecule has 1 atom stereocenters. The van der Waals surface area contributed by atoms with Gasteiger partial charge in [0, 0.05) is 0 Å². The van der Waals surface area contributed by atoms with E-state index in [9.17, 15) is 10.2 Å². The maximum Gasteiger partial charge on any atom is 0.141 e. The van der Waals surface area contributed by atoms with Crippen LogP contribution in [-0.2, 0) is 0 Å². The van der Waals surface area contributed by atoms with Gasteiger partial charge in [-0.2, -0.15) is 0 Å². The van der Waals surface area contributed by atoms with Gasteiger partial charge in [0.15, 0.2) is 0 Å². The van der Waals surface area contributed by atoms with Crippen LogP contribution < -0.4 is 10.1 Å². The normalized spacial score (nSPS) is 11.9. The number of nitrogens with one attached hydrogen (secondary N) is 1.